The molecule has 3 atom stereocenters. The third kappa shape index (κ3) is 5.17. The van der Waals surface area contributed by atoms with Crippen molar-refractivity contribution in [1.82, 2.24) is 9.21 Å². The maximum absolute atomic E-state index is 13.3. The van der Waals surface area contributed by atoms with Crippen molar-refractivity contribution < 1.29 is 22.7 Å². The van der Waals surface area contributed by atoms with Crippen molar-refractivity contribution in [2.24, 2.45) is 11.8 Å². The maximum Gasteiger partial charge on any atom is 0.254 e. The van der Waals surface area contributed by atoms with Crippen LogP contribution < -0.4 is 9.47 Å². The van der Waals surface area contributed by atoms with E-state index in [1.54, 1.807) is 27.4 Å². The zero-order chi connectivity index (χ0) is 23.6. The Balaban J connectivity index is 1.49. The molecule has 1 fully saturated rings. The van der Waals surface area contributed by atoms with Gasteiger partial charge in [-0.15, -0.1) is 0 Å². The minimum absolute atomic E-state index is 0.164. The highest BCUT2D eigenvalue weighted by Gasteiger charge is 2.32. The van der Waals surface area contributed by atoms with Gasteiger partial charge in [-0.1, -0.05) is 32.0 Å². The third-order valence-corrected chi connectivity index (χ3v) is 8.04. The van der Waals surface area contributed by atoms with Gasteiger partial charge in [0.2, 0.25) is 10.0 Å². The van der Waals surface area contributed by atoms with Crippen molar-refractivity contribution in [3.8, 4) is 11.5 Å². The molecule has 0 aromatic heterocycles. The van der Waals surface area contributed by atoms with E-state index in [1.807, 2.05) is 31.2 Å². The molecule has 1 amide bonds. The smallest absolute Gasteiger partial charge is 0.254 e. The lowest BCUT2D eigenvalue weighted by Gasteiger charge is -2.34. The van der Waals surface area contributed by atoms with Crippen LogP contribution in [0.1, 0.15) is 37.6 Å². The summed E-state index contributed by atoms with van der Waals surface area (Å²) in [6.45, 7) is 8.23. The van der Waals surface area contributed by atoms with Crippen molar-refractivity contribution in [2.75, 3.05) is 32.8 Å². The quantitative estimate of drug-likeness (QED) is 0.641. The van der Waals surface area contributed by atoms with E-state index < -0.39 is 10.0 Å². The summed E-state index contributed by atoms with van der Waals surface area (Å²) in [5.41, 5.74) is 0.355. The van der Waals surface area contributed by atoms with Crippen LogP contribution in [0.5, 0.6) is 11.5 Å². The standard InChI is InChI=1S/C25H32N2O5S/c1-4-26(16-21-17-31-23-10-5-6-11-24(23)32-21)25(28)20-8-7-9-22(13-20)33(29,30)27-14-18(2)12-19(3)15-27/h5-11,13,18-19,21H,4,12,14-17H2,1-3H3/t18-,19-,21-/m1/s1. The van der Waals surface area contributed by atoms with Gasteiger partial charge in [-0.2, -0.15) is 4.31 Å². The highest BCUT2D eigenvalue weighted by atomic mass is 32.2. The molecular weight excluding hydrogens is 440 g/mol. The predicted octanol–water partition coefficient (Wildman–Crippen LogP) is 3.66. The summed E-state index contributed by atoms with van der Waals surface area (Å²) in [5, 5.41) is 0. The number of carbonyl (C=O) groups excluding carboxylic acids is 1. The zero-order valence-electron chi connectivity index (χ0n) is 19.4. The number of sulfonamides is 1. The summed E-state index contributed by atoms with van der Waals surface area (Å²) in [6, 6.07) is 13.8. The van der Waals surface area contributed by atoms with E-state index >= 15 is 0 Å². The van der Waals surface area contributed by atoms with E-state index in [2.05, 4.69) is 13.8 Å². The van der Waals surface area contributed by atoms with Gasteiger partial charge in [-0.3, -0.25) is 4.79 Å². The van der Waals surface area contributed by atoms with Crippen LogP contribution in [0, 0.1) is 11.8 Å². The second-order valence-electron chi connectivity index (χ2n) is 9.14. The van der Waals surface area contributed by atoms with E-state index in [0.717, 1.165) is 6.42 Å². The Morgan fingerprint density at radius 1 is 1.06 bits per heavy atom. The van der Waals surface area contributed by atoms with Gasteiger partial charge >= 0.3 is 0 Å². The van der Waals surface area contributed by atoms with Crippen molar-refractivity contribution in [3.63, 3.8) is 0 Å². The fourth-order valence-corrected chi connectivity index (χ4v) is 6.40. The molecule has 2 aromatic rings. The molecule has 0 N–H and O–H groups in total. The molecule has 4 rings (SSSR count). The minimum atomic E-state index is -3.66. The lowest BCUT2D eigenvalue weighted by Crippen LogP contribution is -2.44. The van der Waals surface area contributed by atoms with Crippen LogP contribution in [0.15, 0.2) is 53.4 Å². The fraction of sp³-hybridized carbons (Fsp3) is 0.480. The second-order valence-corrected chi connectivity index (χ2v) is 11.1. The minimum Gasteiger partial charge on any atom is -0.486 e. The molecule has 178 valence electrons. The molecule has 2 aliphatic heterocycles. The Labute approximate surface area is 196 Å². The van der Waals surface area contributed by atoms with E-state index in [9.17, 15) is 13.2 Å². The van der Waals surface area contributed by atoms with Crippen LogP contribution in [-0.4, -0.2) is 62.4 Å². The Morgan fingerprint density at radius 3 is 2.45 bits per heavy atom. The lowest BCUT2D eigenvalue weighted by atomic mass is 9.94. The number of likely N-dealkylation sites (N-methyl/N-ethyl adjacent to an activating group) is 1. The third-order valence-electron chi connectivity index (χ3n) is 6.21. The van der Waals surface area contributed by atoms with Gasteiger partial charge in [-0.05, 0) is 55.5 Å². The molecule has 2 aromatic carbocycles. The molecule has 2 aliphatic rings. The monoisotopic (exact) mass is 472 g/mol. The number of para-hydroxylation sites is 2. The van der Waals surface area contributed by atoms with Gasteiger partial charge in [0, 0.05) is 25.2 Å². The van der Waals surface area contributed by atoms with Crippen molar-refractivity contribution in [1.29, 1.82) is 0 Å². The first-order valence-corrected chi connectivity index (χ1v) is 13.0. The number of piperidine rings is 1. The highest BCUT2D eigenvalue weighted by Crippen LogP contribution is 2.31. The molecule has 0 spiro atoms. The van der Waals surface area contributed by atoms with E-state index in [4.69, 9.17) is 9.47 Å². The van der Waals surface area contributed by atoms with Crippen LogP contribution in [0.25, 0.3) is 0 Å². The molecular formula is C25H32N2O5S. The first-order chi connectivity index (χ1) is 15.8. The van der Waals surface area contributed by atoms with Crippen LogP contribution in [0.3, 0.4) is 0 Å². The Morgan fingerprint density at radius 2 is 1.76 bits per heavy atom. The Bertz CT molecular complexity index is 1090. The number of nitrogens with zero attached hydrogens (tertiary/aromatic N) is 2. The summed E-state index contributed by atoms with van der Waals surface area (Å²) < 4.78 is 39.9. The van der Waals surface area contributed by atoms with Crippen LogP contribution >= 0.6 is 0 Å². The van der Waals surface area contributed by atoms with Crippen LogP contribution in [0.4, 0.5) is 0 Å². The molecule has 0 bridgehead atoms. The average Bonchev–Trinajstić information content (AvgIpc) is 2.81. The topological polar surface area (TPSA) is 76.1 Å². The van der Waals surface area contributed by atoms with Gasteiger partial charge < -0.3 is 14.4 Å². The predicted molar refractivity (Wildman–Crippen MR) is 126 cm³/mol. The molecule has 8 heteroatoms. The van der Waals surface area contributed by atoms with Crippen LogP contribution in [0.2, 0.25) is 0 Å². The summed E-state index contributed by atoms with van der Waals surface area (Å²) >= 11 is 0. The van der Waals surface area contributed by atoms with Crippen molar-refractivity contribution >= 4 is 15.9 Å². The first-order valence-electron chi connectivity index (χ1n) is 11.6. The molecule has 2 heterocycles. The molecule has 1 saturated heterocycles. The largest absolute Gasteiger partial charge is 0.486 e. The molecule has 0 aliphatic carbocycles. The molecule has 0 radical (unpaired) electrons. The molecule has 0 unspecified atom stereocenters. The number of hydrogen-bond donors (Lipinski definition) is 0. The van der Waals surface area contributed by atoms with Gasteiger partial charge in [0.25, 0.3) is 5.91 Å². The van der Waals surface area contributed by atoms with Crippen molar-refractivity contribution in [3.05, 3.63) is 54.1 Å². The summed E-state index contributed by atoms with van der Waals surface area (Å²) in [6.07, 6.45) is 0.722. The van der Waals surface area contributed by atoms with Crippen molar-refractivity contribution in [2.45, 2.75) is 38.2 Å². The van der Waals surface area contributed by atoms with Crippen LogP contribution in [-0.2, 0) is 10.0 Å². The Hall–Kier alpha value is -2.58. The summed E-state index contributed by atoms with van der Waals surface area (Å²) in [5.74, 6) is 1.76. The number of rotatable bonds is 6. The molecule has 0 saturated carbocycles. The lowest BCUT2D eigenvalue weighted by molar-refractivity contribution is 0.0474. The number of carbonyl (C=O) groups is 1. The zero-order valence-corrected chi connectivity index (χ0v) is 20.3. The van der Waals surface area contributed by atoms with Gasteiger partial charge in [0.05, 0.1) is 11.4 Å². The van der Waals surface area contributed by atoms with E-state index in [1.165, 1.54) is 6.07 Å². The number of amides is 1. The first kappa shape index (κ1) is 23.6. The SMILES string of the molecule is CCN(C[C@@H]1COc2ccccc2O1)C(=O)c1cccc(S(=O)(=O)N2C[C@H](C)C[C@@H](C)C2)c1. The Kier molecular flexibility index (Phi) is 6.95. The second kappa shape index (κ2) is 9.73. The summed E-state index contributed by atoms with van der Waals surface area (Å²) in [7, 11) is -3.66. The fourth-order valence-electron chi connectivity index (χ4n) is 4.68. The number of hydrogen-bond acceptors (Lipinski definition) is 5. The van der Waals surface area contributed by atoms with Gasteiger partial charge in [0.15, 0.2) is 17.6 Å². The summed E-state index contributed by atoms with van der Waals surface area (Å²) in [4.78, 5) is 15.1. The number of ether oxygens (including phenoxy) is 2. The molecule has 33 heavy (non-hydrogen) atoms. The average molecular weight is 473 g/mol. The van der Waals surface area contributed by atoms with Gasteiger partial charge in [-0.25, -0.2) is 8.42 Å². The maximum atomic E-state index is 13.3. The molecule has 7 nitrogen and oxygen atoms in total. The van der Waals surface area contributed by atoms with Gasteiger partial charge in [0.1, 0.15) is 6.61 Å². The highest BCUT2D eigenvalue weighted by molar-refractivity contribution is 7.89. The normalized spacial score (nSPS) is 23.2. The number of benzene rings is 2. The van der Waals surface area contributed by atoms with E-state index in [0.29, 0.717) is 61.7 Å². The van der Waals surface area contributed by atoms with E-state index in [-0.39, 0.29) is 16.9 Å². The number of fused-ring (bicyclic) bond motifs is 1.